The Labute approximate surface area is 83.3 Å². The summed E-state index contributed by atoms with van der Waals surface area (Å²) in [4.78, 5) is 3.26. The summed E-state index contributed by atoms with van der Waals surface area (Å²) < 4.78 is 0. The number of hydrogen-bond acceptors (Lipinski definition) is 1. The van der Waals surface area contributed by atoms with E-state index >= 15 is 0 Å². The van der Waals surface area contributed by atoms with Crippen LogP contribution in [0.2, 0.25) is 0 Å². The fraction of sp³-hybridized carbons (Fsp3) is 0.333. The fourth-order valence-corrected chi connectivity index (χ4v) is 2.28. The van der Waals surface area contributed by atoms with E-state index in [1.165, 1.54) is 29.3 Å². The van der Waals surface area contributed by atoms with Crippen LogP contribution in [-0.2, 0) is 5.54 Å². The molecule has 0 amide bonds. The molecule has 0 saturated heterocycles. The second-order valence-electron chi connectivity index (χ2n) is 4.08. The smallest absolute Gasteiger partial charge is 0.0457 e. The maximum atomic E-state index is 3.44. The third kappa shape index (κ3) is 0.946. The maximum absolute atomic E-state index is 3.44. The molecule has 14 heavy (non-hydrogen) atoms. The monoisotopic (exact) mass is 186 g/mol. The van der Waals surface area contributed by atoms with E-state index < -0.39 is 0 Å². The molecule has 72 valence electrons. The highest BCUT2D eigenvalue weighted by molar-refractivity contribution is 5.84. The Balaban J connectivity index is 2.25. The SMILES string of the molecule is CNC1(c2cccc3[nH]ccc23)CC1. The van der Waals surface area contributed by atoms with Crippen LogP contribution < -0.4 is 5.32 Å². The lowest BCUT2D eigenvalue weighted by molar-refractivity contribution is 0.590. The molecule has 2 heteroatoms. The minimum absolute atomic E-state index is 0.266. The number of aromatic amines is 1. The van der Waals surface area contributed by atoms with E-state index in [1.807, 2.05) is 6.20 Å². The number of benzene rings is 1. The van der Waals surface area contributed by atoms with Crippen LogP contribution in [0.3, 0.4) is 0 Å². The summed E-state index contributed by atoms with van der Waals surface area (Å²) in [5, 5.41) is 4.80. The molecule has 2 N–H and O–H groups in total. The Kier molecular flexibility index (Phi) is 1.50. The molecule has 1 saturated carbocycles. The standard InChI is InChI=1S/C12H14N2/c1-13-12(6-7-12)10-3-2-4-11-9(10)5-8-14-11/h2-5,8,13-14H,6-7H2,1H3. The molecule has 0 radical (unpaired) electrons. The summed E-state index contributed by atoms with van der Waals surface area (Å²) in [7, 11) is 2.05. The van der Waals surface area contributed by atoms with Gasteiger partial charge in [-0.05, 0) is 37.6 Å². The minimum atomic E-state index is 0.266. The highest BCUT2D eigenvalue weighted by Crippen LogP contribution is 2.47. The molecule has 2 nitrogen and oxygen atoms in total. The minimum Gasteiger partial charge on any atom is -0.361 e. The molecule has 1 aromatic carbocycles. The van der Waals surface area contributed by atoms with Gasteiger partial charge in [0.25, 0.3) is 0 Å². The van der Waals surface area contributed by atoms with Crippen LogP contribution in [-0.4, -0.2) is 12.0 Å². The number of hydrogen-bond donors (Lipinski definition) is 2. The van der Waals surface area contributed by atoms with E-state index in [0.717, 1.165) is 0 Å². The normalized spacial score (nSPS) is 18.6. The van der Waals surface area contributed by atoms with Gasteiger partial charge in [0, 0.05) is 22.6 Å². The molecule has 1 aromatic heterocycles. The van der Waals surface area contributed by atoms with E-state index in [0.29, 0.717) is 0 Å². The van der Waals surface area contributed by atoms with Crippen molar-refractivity contribution < 1.29 is 0 Å². The Morgan fingerprint density at radius 3 is 2.86 bits per heavy atom. The third-order valence-electron chi connectivity index (χ3n) is 3.34. The zero-order valence-electron chi connectivity index (χ0n) is 8.30. The molecule has 3 rings (SSSR count). The molecule has 1 heterocycles. The van der Waals surface area contributed by atoms with Gasteiger partial charge in [0.2, 0.25) is 0 Å². The van der Waals surface area contributed by atoms with Crippen molar-refractivity contribution in [2.75, 3.05) is 7.05 Å². The van der Waals surface area contributed by atoms with Crippen molar-refractivity contribution in [1.29, 1.82) is 0 Å². The summed E-state index contributed by atoms with van der Waals surface area (Å²) >= 11 is 0. The average Bonchev–Trinajstić information content (AvgIpc) is 2.87. The van der Waals surface area contributed by atoms with Crippen molar-refractivity contribution in [3.8, 4) is 0 Å². The van der Waals surface area contributed by atoms with Gasteiger partial charge in [-0.2, -0.15) is 0 Å². The van der Waals surface area contributed by atoms with Gasteiger partial charge in [-0.3, -0.25) is 0 Å². The van der Waals surface area contributed by atoms with E-state index in [-0.39, 0.29) is 5.54 Å². The predicted octanol–water partition coefficient (Wildman–Crippen LogP) is 2.38. The lowest BCUT2D eigenvalue weighted by Gasteiger charge is -2.15. The zero-order chi connectivity index (χ0) is 9.60. The quantitative estimate of drug-likeness (QED) is 0.740. The predicted molar refractivity (Wildman–Crippen MR) is 58.3 cm³/mol. The molecule has 1 aliphatic carbocycles. The van der Waals surface area contributed by atoms with E-state index in [1.54, 1.807) is 0 Å². The third-order valence-corrected chi connectivity index (χ3v) is 3.34. The molecule has 1 fully saturated rings. The largest absolute Gasteiger partial charge is 0.361 e. The highest BCUT2D eigenvalue weighted by atomic mass is 15.0. The first-order chi connectivity index (χ1) is 6.86. The van der Waals surface area contributed by atoms with Crippen LogP contribution in [0.25, 0.3) is 10.9 Å². The average molecular weight is 186 g/mol. The molecule has 0 atom stereocenters. The lowest BCUT2D eigenvalue weighted by atomic mass is 10.0. The lowest BCUT2D eigenvalue weighted by Crippen LogP contribution is -2.24. The molecule has 1 aliphatic rings. The Hall–Kier alpha value is -1.28. The first-order valence-electron chi connectivity index (χ1n) is 5.11. The molecule has 0 aliphatic heterocycles. The number of fused-ring (bicyclic) bond motifs is 1. The zero-order valence-corrected chi connectivity index (χ0v) is 8.30. The van der Waals surface area contributed by atoms with Gasteiger partial charge in [-0.15, -0.1) is 0 Å². The number of rotatable bonds is 2. The maximum Gasteiger partial charge on any atom is 0.0457 e. The second-order valence-corrected chi connectivity index (χ2v) is 4.08. The van der Waals surface area contributed by atoms with Crippen LogP contribution >= 0.6 is 0 Å². The molecule has 2 aromatic rings. The Morgan fingerprint density at radius 2 is 2.14 bits per heavy atom. The summed E-state index contributed by atoms with van der Waals surface area (Å²) in [6, 6.07) is 8.66. The molecule has 0 unspecified atom stereocenters. The Bertz CT molecular complexity index is 466. The van der Waals surface area contributed by atoms with Crippen molar-refractivity contribution in [2.24, 2.45) is 0 Å². The second kappa shape index (κ2) is 2.61. The summed E-state index contributed by atoms with van der Waals surface area (Å²) in [6.45, 7) is 0. The number of H-pyrrole nitrogens is 1. The van der Waals surface area contributed by atoms with Gasteiger partial charge in [0.1, 0.15) is 0 Å². The first-order valence-corrected chi connectivity index (χ1v) is 5.11. The van der Waals surface area contributed by atoms with Gasteiger partial charge in [-0.1, -0.05) is 12.1 Å². The number of aromatic nitrogens is 1. The summed E-state index contributed by atoms with van der Waals surface area (Å²) in [5.41, 5.74) is 2.95. The summed E-state index contributed by atoms with van der Waals surface area (Å²) in [6.07, 6.45) is 4.53. The Morgan fingerprint density at radius 1 is 1.29 bits per heavy atom. The fourth-order valence-electron chi connectivity index (χ4n) is 2.28. The summed E-state index contributed by atoms with van der Waals surface area (Å²) in [5.74, 6) is 0. The van der Waals surface area contributed by atoms with Crippen molar-refractivity contribution in [1.82, 2.24) is 10.3 Å². The van der Waals surface area contributed by atoms with Gasteiger partial charge < -0.3 is 10.3 Å². The van der Waals surface area contributed by atoms with E-state index in [4.69, 9.17) is 0 Å². The van der Waals surface area contributed by atoms with Crippen molar-refractivity contribution in [2.45, 2.75) is 18.4 Å². The topological polar surface area (TPSA) is 27.8 Å². The van der Waals surface area contributed by atoms with E-state index in [9.17, 15) is 0 Å². The molecule has 0 bridgehead atoms. The van der Waals surface area contributed by atoms with Crippen molar-refractivity contribution in [3.63, 3.8) is 0 Å². The van der Waals surface area contributed by atoms with Gasteiger partial charge in [0.05, 0.1) is 0 Å². The molecular weight excluding hydrogens is 172 g/mol. The van der Waals surface area contributed by atoms with Crippen LogP contribution in [0, 0.1) is 0 Å². The van der Waals surface area contributed by atoms with Gasteiger partial charge >= 0.3 is 0 Å². The van der Waals surface area contributed by atoms with Crippen molar-refractivity contribution >= 4 is 10.9 Å². The molecular formula is C12H14N2. The van der Waals surface area contributed by atoms with Crippen LogP contribution in [0.5, 0.6) is 0 Å². The van der Waals surface area contributed by atoms with Crippen LogP contribution in [0.15, 0.2) is 30.5 Å². The van der Waals surface area contributed by atoms with Gasteiger partial charge in [-0.25, -0.2) is 0 Å². The first kappa shape index (κ1) is 8.06. The van der Waals surface area contributed by atoms with Crippen LogP contribution in [0.4, 0.5) is 0 Å². The van der Waals surface area contributed by atoms with E-state index in [2.05, 4.69) is 41.6 Å². The number of nitrogens with one attached hydrogen (secondary N) is 2. The van der Waals surface area contributed by atoms with Crippen molar-refractivity contribution in [3.05, 3.63) is 36.0 Å². The van der Waals surface area contributed by atoms with Gasteiger partial charge in [0.15, 0.2) is 0 Å². The van der Waals surface area contributed by atoms with Crippen LogP contribution in [0.1, 0.15) is 18.4 Å². The highest BCUT2D eigenvalue weighted by Gasteiger charge is 2.43. The molecule has 0 spiro atoms.